The molecule has 108 valence electrons. The number of Topliss-reactive ketones (excluding diaryl/α,β-unsaturated/α-hetero) is 1. The van der Waals surface area contributed by atoms with Gasteiger partial charge in [-0.15, -0.1) is 0 Å². The van der Waals surface area contributed by atoms with Crippen molar-refractivity contribution in [1.82, 2.24) is 0 Å². The zero-order valence-electron chi connectivity index (χ0n) is 12.0. The number of hydrogen-bond acceptors (Lipinski definition) is 3. The lowest BCUT2D eigenvalue weighted by Crippen LogP contribution is -2.27. The summed E-state index contributed by atoms with van der Waals surface area (Å²) in [6.45, 7) is 6.78. The molecule has 0 bridgehead atoms. The fourth-order valence-electron chi connectivity index (χ4n) is 3.35. The van der Waals surface area contributed by atoms with Crippen molar-refractivity contribution in [3.63, 3.8) is 0 Å². The summed E-state index contributed by atoms with van der Waals surface area (Å²) in [5.41, 5.74) is 1.82. The Morgan fingerprint density at radius 2 is 2.00 bits per heavy atom. The number of rotatable bonds is 2. The first-order valence-corrected chi connectivity index (χ1v) is 7.93. The molecule has 3 rings (SSSR count). The number of fused-ring (bicyclic) bond motifs is 1. The van der Waals surface area contributed by atoms with E-state index < -0.39 is 0 Å². The van der Waals surface area contributed by atoms with Gasteiger partial charge < -0.3 is 9.47 Å². The summed E-state index contributed by atoms with van der Waals surface area (Å²) in [4.78, 5) is 12.9. The van der Waals surface area contributed by atoms with Gasteiger partial charge >= 0.3 is 0 Å². The van der Waals surface area contributed by atoms with Crippen LogP contribution in [0.15, 0.2) is 16.6 Å². The number of ether oxygens (including phenoxy) is 2. The van der Waals surface area contributed by atoms with Crippen molar-refractivity contribution < 1.29 is 14.3 Å². The van der Waals surface area contributed by atoms with Crippen LogP contribution in [-0.4, -0.2) is 24.6 Å². The number of halogens is 1. The second-order valence-electron chi connectivity index (χ2n) is 5.84. The quantitative estimate of drug-likeness (QED) is 0.772. The van der Waals surface area contributed by atoms with Gasteiger partial charge in [0.15, 0.2) is 5.78 Å². The molecule has 0 N–H and O–H groups in total. The first kappa shape index (κ1) is 14.1. The van der Waals surface area contributed by atoms with Crippen LogP contribution in [0.5, 0.6) is 5.75 Å². The molecule has 2 aliphatic rings. The van der Waals surface area contributed by atoms with Crippen LogP contribution in [0, 0.1) is 11.8 Å². The van der Waals surface area contributed by atoms with E-state index in [1.165, 1.54) is 0 Å². The Morgan fingerprint density at radius 1 is 1.25 bits per heavy atom. The van der Waals surface area contributed by atoms with Crippen molar-refractivity contribution in [1.29, 1.82) is 0 Å². The van der Waals surface area contributed by atoms with Gasteiger partial charge in [-0.25, -0.2) is 0 Å². The van der Waals surface area contributed by atoms with Crippen molar-refractivity contribution in [2.45, 2.75) is 39.4 Å². The van der Waals surface area contributed by atoms with Crippen molar-refractivity contribution in [2.75, 3.05) is 6.61 Å². The maximum atomic E-state index is 12.9. The zero-order valence-corrected chi connectivity index (χ0v) is 13.6. The van der Waals surface area contributed by atoms with Gasteiger partial charge in [0.1, 0.15) is 5.75 Å². The number of carbonyl (C=O) groups is 1. The van der Waals surface area contributed by atoms with Crippen LogP contribution >= 0.6 is 15.9 Å². The Labute approximate surface area is 127 Å². The molecule has 0 spiro atoms. The Kier molecular flexibility index (Phi) is 3.63. The molecule has 0 saturated carbocycles. The number of ketones is 1. The minimum Gasteiger partial charge on any atom is -0.492 e. The summed E-state index contributed by atoms with van der Waals surface area (Å²) in [6, 6.07) is 3.93. The number of hydrogen-bond donors (Lipinski definition) is 0. The highest BCUT2D eigenvalue weighted by Gasteiger charge is 2.42. The smallest absolute Gasteiger partial charge is 0.172 e. The third kappa shape index (κ3) is 2.19. The second-order valence-corrected chi connectivity index (χ2v) is 6.75. The van der Waals surface area contributed by atoms with Gasteiger partial charge in [0.2, 0.25) is 0 Å². The molecule has 4 atom stereocenters. The van der Waals surface area contributed by atoms with E-state index in [1.807, 2.05) is 26.0 Å². The number of benzene rings is 1. The molecule has 1 saturated heterocycles. The van der Waals surface area contributed by atoms with E-state index in [-0.39, 0.29) is 29.8 Å². The minimum absolute atomic E-state index is 0.0384. The summed E-state index contributed by atoms with van der Waals surface area (Å²) >= 11 is 3.50. The molecule has 20 heavy (non-hydrogen) atoms. The van der Waals surface area contributed by atoms with Gasteiger partial charge in [0.25, 0.3) is 0 Å². The molecule has 3 nitrogen and oxygen atoms in total. The average molecular weight is 339 g/mol. The highest BCUT2D eigenvalue weighted by atomic mass is 79.9. The third-order valence-corrected chi connectivity index (χ3v) is 5.02. The molecule has 2 heterocycles. The molecule has 0 amide bonds. The maximum Gasteiger partial charge on any atom is 0.172 e. The van der Waals surface area contributed by atoms with E-state index >= 15 is 0 Å². The predicted molar refractivity (Wildman–Crippen MR) is 80.3 cm³/mol. The first-order valence-electron chi connectivity index (χ1n) is 7.14. The van der Waals surface area contributed by atoms with Crippen molar-refractivity contribution in [3.8, 4) is 5.75 Å². The largest absolute Gasteiger partial charge is 0.492 e. The summed E-state index contributed by atoms with van der Waals surface area (Å²) in [7, 11) is 0. The van der Waals surface area contributed by atoms with E-state index in [0.717, 1.165) is 22.2 Å². The Morgan fingerprint density at radius 3 is 2.65 bits per heavy atom. The standard InChI is InChI=1S/C16H19BrO3/c1-8-9(2)20-10(3)14(8)15(18)13-7-12(17)6-11-4-5-19-16(11)13/h6-10,14H,4-5H2,1-3H3. The number of carbonyl (C=O) groups excluding carboxylic acids is 1. The summed E-state index contributed by atoms with van der Waals surface area (Å²) in [6.07, 6.45) is 0.959. The van der Waals surface area contributed by atoms with Gasteiger partial charge in [-0.05, 0) is 37.5 Å². The topological polar surface area (TPSA) is 35.5 Å². The van der Waals surface area contributed by atoms with Crippen LogP contribution in [0.2, 0.25) is 0 Å². The van der Waals surface area contributed by atoms with Crippen LogP contribution in [0.4, 0.5) is 0 Å². The average Bonchev–Trinajstić information content (AvgIpc) is 2.93. The SMILES string of the molecule is CC1OC(C)C(C(=O)c2cc(Br)cc3c2OCC3)C1C. The third-order valence-electron chi connectivity index (χ3n) is 4.56. The van der Waals surface area contributed by atoms with Crippen LogP contribution in [0.3, 0.4) is 0 Å². The second kappa shape index (κ2) is 5.15. The molecule has 1 fully saturated rings. The molecule has 4 unspecified atom stereocenters. The summed E-state index contributed by atoms with van der Waals surface area (Å²) in [5.74, 6) is 1.06. The Bertz CT molecular complexity index is 555. The van der Waals surface area contributed by atoms with Crippen molar-refractivity contribution in [3.05, 3.63) is 27.7 Å². The van der Waals surface area contributed by atoms with Gasteiger partial charge in [-0.3, -0.25) is 4.79 Å². The lowest BCUT2D eigenvalue weighted by Gasteiger charge is -2.18. The fraction of sp³-hybridized carbons (Fsp3) is 0.562. The van der Waals surface area contributed by atoms with Crippen molar-refractivity contribution >= 4 is 21.7 Å². The molecule has 4 heteroatoms. The Balaban J connectivity index is 1.99. The highest BCUT2D eigenvalue weighted by molar-refractivity contribution is 9.10. The summed E-state index contributed by atoms with van der Waals surface area (Å²) < 4.78 is 12.4. The molecule has 1 aromatic rings. The zero-order chi connectivity index (χ0) is 14.4. The molecule has 0 aromatic heterocycles. The van der Waals surface area contributed by atoms with Gasteiger partial charge in [-0.1, -0.05) is 22.9 Å². The molecular formula is C16H19BrO3. The molecule has 2 aliphatic heterocycles. The maximum absolute atomic E-state index is 12.9. The molecular weight excluding hydrogens is 320 g/mol. The van der Waals surface area contributed by atoms with E-state index in [1.54, 1.807) is 0 Å². The Hall–Kier alpha value is -0.870. The van der Waals surface area contributed by atoms with Crippen LogP contribution in [0.1, 0.15) is 36.7 Å². The first-order chi connectivity index (χ1) is 9.49. The minimum atomic E-state index is -0.0902. The van der Waals surface area contributed by atoms with E-state index in [0.29, 0.717) is 12.2 Å². The van der Waals surface area contributed by atoms with E-state index in [4.69, 9.17) is 9.47 Å². The fourth-order valence-corrected chi connectivity index (χ4v) is 3.86. The summed E-state index contributed by atoms with van der Waals surface area (Å²) in [5, 5.41) is 0. The molecule has 1 aromatic carbocycles. The van der Waals surface area contributed by atoms with E-state index in [9.17, 15) is 4.79 Å². The van der Waals surface area contributed by atoms with Crippen LogP contribution in [0.25, 0.3) is 0 Å². The monoisotopic (exact) mass is 338 g/mol. The van der Waals surface area contributed by atoms with Crippen LogP contribution < -0.4 is 4.74 Å². The normalized spacial score (nSPS) is 32.0. The molecule has 0 radical (unpaired) electrons. The van der Waals surface area contributed by atoms with E-state index in [2.05, 4.69) is 22.9 Å². The highest BCUT2D eigenvalue weighted by Crippen LogP contribution is 2.39. The predicted octanol–water partition coefficient (Wildman–Crippen LogP) is 3.63. The van der Waals surface area contributed by atoms with Gasteiger partial charge in [0, 0.05) is 10.9 Å². The molecule has 0 aliphatic carbocycles. The lowest BCUT2D eigenvalue weighted by atomic mass is 9.83. The van der Waals surface area contributed by atoms with Crippen molar-refractivity contribution in [2.24, 2.45) is 11.8 Å². The lowest BCUT2D eigenvalue weighted by molar-refractivity contribution is 0.0490. The van der Waals surface area contributed by atoms with Gasteiger partial charge in [0.05, 0.1) is 30.3 Å². The van der Waals surface area contributed by atoms with Gasteiger partial charge in [-0.2, -0.15) is 0 Å². The van der Waals surface area contributed by atoms with Crippen LogP contribution in [-0.2, 0) is 11.2 Å².